The topological polar surface area (TPSA) is 83.8 Å². The van der Waals surface area contributed by atoms with Gasteiger partial charge in [-0.15, -0.1) is 0 Å². The van der Waals surface area contributed by atoms with Crippen LogP contribution >= 0.6 is 11.6 Å². The molecule has 1 aromatic carbocycles. The maximum absolute atomic E-state index is 12.2. The number of phenols is 1. The smallest absolute Gasteiger partial charge is 0.214 e. The Morgan fingerprint density at radius 2 is 1.91 bits per heavy atom. The molecule has 0 saturated carbocycles. The van der Waals surface area contributed by atoms with Crippen LogP contribution < -0.4 is 0 Å². The molecule has 0 fully saturated rings. The molecule has 23 heavy (non-hydrogen) atoms. The second kappa shape index (κ2) is 5.08. The van der Waals surface area contributed by atoms with Gasteiger partial charge < -0.3 is 14.9 Å². The first kappa shape index (κ1) is 15.5. The molecule has 118 valence electrons. The minimum atomic E-state index is -2.20. The Bertz CT molecular complexity index is 822. The van der Waals surface area contributed by atoms with Crippen LogP contribution in [0.5, 0.6) is 5.75 Å². The third-order valence-electron chi connectivity index (χ3n) is 3.93. The zero-order chi connectivity index (χ0) is 16.9. The molecule has 1 atom stereocenters. The highest BCUT2D eigenvalue weighted by atomic mass is 35.5. The van der Waals surface area contributed by atoms with Gasteiger partial charge in [0.1, 0.15) is 17.8 Å². The van der Waals surface area contributed by atoms with E-state index < -0.39 is 17.2 Å². The highest BCUT2D eigenvalue weighted by molar-refractivity contribution is 6.49. The van der Waals surface area contributed by atoms with Gasteiger partial charge in [-0.3, -0.25) is 9.59 Å². The third-order valence-corrected chi connectivity index (χ3v) is 4.31. The van der Waals surface area contributed by atoms with E-state index in [2.05, 4.69) is 0 Å². The summed E-state index contributed by atoms with van der Waals surface area (Å²) in [5, 5.41) is 19.8. The average Bonchev–Trinajstić information content (AvgIpc) is 2.51. The standard InChI is InChI=1S/C17H13ClO5/c1-8-4-3-5-11(19)13(8)12-6-9-10(7-23-12)15(20)17(2,22)16(21)14(9)18/h3-7,19,22H,1-2H3/t17-/m0/s1. The monoisotopic (exact) mass is 332 g/mol. The maximum Gasteiger partial charge on any atom is 0.214 e. The molecule has 1 aliphatic heterocycles. The van der Waals surface area contributed by atoms with E-state index in [0.29, 0.717) is 5.56 Å². The third kappa shape index (κ3) is 2.20. The fraction of sp³-hybridized carbons (Fsp3) is 0.176. The van der Waals surface area contributed by atoms with Gasteiger partial charge in [-0.1, -0.05) is 23.7 Å². The molecule has 5 nitrogen and oxygen atoms in total. The number of carbonyl (C=O) groups excluding carboxylic acids is 2. The van der Waals surface area contributed by atoms with Crippen LogP contribution in [0.2, 0.25) is 0 Å². The quantitative estimate of drug-likeness (QED) is 0.771. The van der Waals surface area contributed by atoms with Crippen LogP contribution in [-0.4, -0.2) is 27.4 Å². The summed E-state index contributed by atoms with van der Waals surface area (Å²) in [5.74, 6) is -1.36. The number of aromatic hydroxyl groups is 1. The van der Waals surface area contributed by atoms with E-state index in [9.17, 15) is 19.8 Å². The summed E-state index contributed by atoms with van der Waals surface area (Å²) in [6.45, 7) is 2.89. The zero-order valence-corrected chi connectivity index (χ0v) is 13.1. The predicted molar refractivity (Wildman–Crippen MR) is 83.5 cm³/mol. The molecule has 0 aromatic heterocycles. The molecular weight excluding hydrogens is 320 g/mol. The fourth-order valence-corrected chi connectivity index (χ4v) is 2.93. The number of fused-ring (bicyclic) bond motifs is 1. The van der Waals surface area contributed by atoms with Crippen LogP contribution in [0.3, 0.4) is 0 Å². The van der Waals surface area contributed by atoms with E-state index >= 15 is 0 Å². The van der Waals surface area contributed by atoms with Crippen molar-refractivity contribution in [2.45, 2.75) is 19.4 Å². The summed E-state index contributed by atoms with van der Waals surface area (Å²) in [6.07, 6.45) is 2.56. The number of phenolic OH excluding ortho intramolecular Hbond substituents is 1. The summed E-state index contributed by atoms with van der Waals surface area (Å²) >= 11 is 6.04. The van der Waals surface area contributed by atoms with Crippen molar-refractivity contribution in [3.63, 3.8) is 0 Å². The first-order valence-corrected chi connectivity index (χ1v) is 7.22. The van der Waals surface area contributed by atoms with Crippen LogP contribution in [-0.2, 0) is 14.3 Å². The second-order valence-corrected chi connectivity index (χ2v) is 5.96. The highest BCUT2D eigenvalue weighted by Gasteiger charge is 2.48. The predicted octanol–water partition coefficient (Wildman–Crippen LogP) is 2.35. The van der Waals surface area contributed by atoms with Crippen molar-refractivity contribution in [1.29, 1.82) is 0 Å². The number of allylic oxidation sites excluding steroid dienone is 2. The fourth-order valence-electron chi connectivity index (χ4n) is 2.59. The van der Waals surface area contributed by atoms with Gasteiger partial charge >= 0.3 is 0 Å². The Morgan fingerprint density at radius 1 is 1.22 bits per heavy atom. The first-order chi connectivity index (χ1) is 10.7. The van der Waals surface area contributed by atoms with Crippen molar-refractivity contribution in [3.8, 4) is 5.75 Å². The number of halogens is 1. The lowest BCUT2D eigenvalue weighted by atomic mass is 9.80. The molecule has 0 saturated heterocycles. The van der Waals surface area contributed by atoms with E-state index in [-0.39, 0.29) is 27.7 Å². The summed E-state index contributed by atoms with van der Waals surface area (Å²) in [6, 6.07) is 4.98. The molecule has 0 bridgehead atoms. The van der Waals surface area contributed by atoms with Gasteiger partial charge in [-0.05, 0) is 31.6 Å². The number of benzene rings is 1. The van der Waals surface area contributed by atoms with Crippen molar-refractivity contribution in [3.05, 3.63) is 57.8 Å². The van der Waals surface area contributed by atoms with Crippen molar-refractivity contribution in [2.75, 3.05) is 0 Å². The van der Waals surface area contributed by atoms with Gasteiger partial charge in [0, 0.05) is 5.57 Å². The van der Waals surface area contributed by atoms with Gasteiger partial charge in [0.05, 0.1) is 16.2 Å². The van der Waals surface area contributed by atoms with E-state index in [1.165, 1.54) is 12.1 Å². The van der Waals surface area contributed by atoms with Gasteiger partial charge in [-0.2, -0.15) is 0 Å². The molecular formula is C17H13ClO5. The Morgan fingerprint density at radius 3 is 2.57 bits per heavy atom. The Hall–Kier alpha value is -2.37. The number of hydrogen-bond acceptors (Lipinski definition) is 5. The zero-order valence-electron chi connectivity index (χ0n) is 12.4. The second-order valence-electron chi connectivity index (χ2n) is 5.59. The number of aryl methyl sites for hydroxylation is 1. The lowest BCUT2D eigenvalue weighted by molar-refractivity contribution is -0.144. The molecule has 0 radical (unpaired) electrons. The van der Waals surface area contributed by atoms with E-state index in [1.54, 1.807) is 19.1 Å². The summed E-state index contributed by atoms with van der Waals surface area (Å²) < 4.78 is 5.45. The number of rotatable bonds is 1. The van der Waals surface area contributed by atoms with Crippen LogP contribution in [0.1, 0.15) is 18.1 Å². The number of Topliss-reactive ketones (excluding diaryl/α,β-unsaturated/α-hetero) is 2. The number of ketones is 2. The SMILES string of the molecule is Cc1cccc(O)c1C1=CC2=C(Cl)C(=O)[C@@](C)(O)C(=O)C2=CO1. The number of carbonyl (C=O) groups is 2. The van der Waals surface area contributed by atoms with Gasteiger partial charge in [0.25, 0.3) is 0 Å². The molecule has 1 heterocycles. The normalized spacial score (nSPS) is 24.0. The summed E-state index contributed by atoms with van der Waals surface area (Å²) in [5.41, 5.74) is -0.804. The number of hydrogen-bond donors (Lipinski definition) is 2. The molecule has 0 spiro atoms. The number of ether oxygens (including phenoxy) is 1. The first-order valence-electron chi connectivity index (χ1n) is 6.84. The average molecular weight is 333 g/mol. The van der Waals surface area contributed by atoms with E-state index in [4.69, 9.17) is 16.3 Å². The molecule has 1 aliphatic carbocycles. The van der Waals surface area contributed by atoms with E-state index in [1.807, 2.05) is 0 Å². The van der Waals surface area contributed by atoms with Gasteiger partial charge in [0.15, 0.2) is 5.60 Å². The molecule has 2 N–H and O–H groups in total. The Balaban J connectivity index is 2.18. The molecule has 0 unspecified atom stereocenters. The lowest BCUT2D eigenvalue weighted by Gasteiger charge is -2.29. The van der Waals surface area contributed by atoms with E-state index in [0.717, 1.165) is 18.7 Å². The maximum atomic E-state index is 12.2. The summed E-state index contributed by atoms with van der Waals surface area (Å²) in [7, 11) is 0. The molecule has 6 heteroatoms. The minimum absolute atomic E-state index is 0.00489. The molecule has 2 aliphatic rings. The highest BCUT2D eigenvalue weighted by Crippen LogP contribution is 2.40. The Labute approximate surface area is 137 Å². The Kier molecular flexibility index (Phi) is 3.43. The largest absolute Gasteiger partial charge is 0.507 e. The lowest BCUT2D eigenvalue weighted by Crippen LogP contribution is -2.48. The van der Waals surface area contributed by atoms with Crippen molar-refractivity contribution >= 4 is 28.9 Å². The van der Waals surface area contributed by atoms with Crippen molar-refractivity contribution in [2.24, 2.45) is 0 Å². The minimum Gasteiger partial charge on any atom is -0.507 e. The molecule has 1 aromatic rings. The number of aliphatic hydroxyl groups is 1. The van der Waals surface area contributed by atoms with Crippen molar-refractivity contribution < 1.29 is 24.5 Å². The van der Waals surface area contributed by atoms with Crippen LogP contribution in [0.25, 0.3) is 5.76 Å². The van der Waals surface area contributed by atoms with Crippen LogP contribution in [0.4, 0.5) is 0 Å². The van der Waals surface area contributed by atoms with Crippen LogP contribution in [0.15, 0.2) is 46.7 Å². The van der Waals surface area contributed by atoms with Crippen LogP contribution in [0, 0.1) is 6.92 Å². The van der Waals surface area contributed by atoms with Gasteiger partial charge in [0.2, 0.25) is 11.6 Å². The summed E-state index contributed by atoms with van der Waals surface area (Å²) in [4.78, 5) is 24.3. The van der Waals surface area contributed by atoms with Crippen molar-refractivity contribution in [1.82, 2.24) is 0 Å². The molecule has 0 amide bonds. The van der Waals surface area contributed by atoms with Gasteiger partial charge in [-0.25, -0.2) is 0 Å². The molecule has 3 rings (SSSR count).